The summed E-state index contributed by atoms with van der Waals surface area (Å²) in [6.07, 6.45) is 3.53. The van der Waals surface area contributed by atoms with E-state index in [4.69, 9.17) is 4.74 Å². The van der Waals surface area contributed by atoms with Gasteiger partial charge in [0.2, 0.25) is 0 Å². The van der Waals surface area contributed by atoms with Gasteiger partial charge in [0.05, 0.1) is 10.2 Å². The van der Waals surface area contributed by atoms with Crippen LogP contribution in [0, 0.1) is 12.7 Å². The van der Waals surface area contributed by atoms with E-state index in [1.165, 1.54) is 12.1 Å². The Bertz CT molecular complexity index is 1400. The summed E-state index contributed by atoms with van der Waals surface area (Å²) in [6.45, 7) is 5.68. The monoisotopic (exact) mass is 548 g/mol. The molecule has 182 valence electrons. The number of carbonyl (C=O) groups excluding carboxylic acids is 3. The van der Waals surface area contributed by atoms with Crippen LogP contribution in [-0.4, -0.2) is 17.8 Å². The lowest BCUT2D eigenvalue weighted by Gasteiger charge is -2.26. The molecule has 0 spiro atoms. The van der Waals surface area contributed by atoms with E-state index in [0.717, 1.165) is 16.0 Å². The van der Waals surface area contributed by atoms with Crippen LogP contribution in [0.1, 0.15) is 22.3 Å². The normalized spacial score (nSPS) is 14.7. The molecule has 1 aliphatic rings. The van der Waals surface area contributed by atoms with E-state index in [1.807, 2.05) is 6.92 Å². The number of halogens is 2. The molecule has 1 aliphatic heterocycles. The Morgan fingerprint density at radius 1 is 1.06 bits per heavy atom. The number of imide groups is 2. The van der Waals surface area contributed by atoms with Crippen LogP contribution in [0.3, 0.4) is 0 Å². The predicted octanol–water partition coefficient (Wildman–Crippen LogP) is 5.87. The molecule has 1 N–H and O–H groups in total. The molecule has 1 heterocycles. The highest BCUT2D eigenvalue weighted by Gasteiger charge is 2.36. The van der Waals surface area contributed by atoms with E-state index in [1.54, 1.807) is 60.7 Å². The standard InChI is InChI=1S/C28H22BrFN2O4/c1-3-6-19-13-18(15-23(29)25(19)36-16-20-7-4-5-8-24(20)30)14-22-26(33)31-28(35)32(27(22)34)21-11-9-17(2)10-12-21/h3-5,7-15H,1,6,16H2,2H3,(H,31,33,35)/b22-14+. The van der Waals surface area contributed by atoms with E-state index in [-0.39, 0.29) is 18.0 Å². The summed E-state index contributed by atoms with van der Waals surface area (Å²) in [7, 11) is 0. The third-order valence-corrected chi connectivity index (χ3v) is 6.13. The molecule has 3 aromatic rings. The van der Waals surface area contributed by atoms with Crippen LogP contribution >= 0.6 is 15.9 Å². The number of anilines is 1. The van der Waals surface area contributed by atoms with Crippen LogP contribution in [0.25, 0.3) is 6.08 Å². The van der Waals surface area contributed by atoms with Crippen LogP contribution in [-0.2, 0) is 22.6 Å². The van der Waals surface area contributed by atoms with Crippen molar-refractivity contribution < 1.29 is 23.5 Å². The summed E-state index contributed by atoms with van der Waals surface area (Å²) in [5.41, 5.74) is 2.79. The Morgan fingerprint density at radius 3 is 2.47 bits per heavy atom. The minimum atomic E-state index is -0.809. The number of rotatable bonds is 7. The fourth-order valence-electron chi connectivity index (χ4n) is 3.74. The number of hydrogen-bond acceptors (Lipinski definition) is 4. The number of nitrogens with zero attached hydrogens (tertiary/aromatic N) is 1. The summed E-state index contributed by atoms with van der Waals surface area (Å²) in [5.74, 6) is -1.38. The molecule has 36 heavy (non-hydrogen) atoms. The molecule has 0 unspecified atom stereocenters. The Kier molecular flexibility index (Phi) is 7.45. The molecule has 4 amide bonds. The molecular formula is C28H22BrFN2O4. The van der Waals surface area contributed by atoms with Gasteiger partial charge in [0.1, 0.15) is 23.7 Å². The SMILES string of the molecule is C=CCc1cc(/C=C2\C(=O)NC(=O)N(c3ccc(C)cc3)C2=O)cc(Br)c1OCc1ccccc1F. The number of aryl methyl sites for hydroxylation is 1. The molecule has 4 rings (SSSR count). The number of nitrogens with one attached hydrogen (secondary N) is 1. The number of hydrogen-bond donors (Lipinski definition) is 1. The zero-order valence-electron chi connectivity index (χ0n) is 19.4. The largest absolute Gasteiger partial charge is 0.487 e. The van der Waals surface area contributed by atoms with Crippen molar-refractivity contribution in [3.05, 3.63) is 111 Å². The van der Waals surface area contributed by atoms with Crippen molar-refractivity contribution in [1.82, 2.24) is 5.32 Å². The van der Waals surface area contributed by atoms with E-state index in [0.29, 0.717) is 33.5 Å². The molecule has 0 atom stereocenters. The average Bonchev–Trinajstić information content (AvgIpc) is 2.83. The predicted molar refractivity (Wildman–Crippen MR) is 139 cm³/mol. The summed E-state index contributed by atoms with van der Waals surface area (Å²) in [4.78, 5) is 39.1. The van der Waals surface area contributed by atoms with Crippen LogP contribution < -0.4 is 15.0 Å². The first-order valence-electron chi connectivity index (χ1n) is 11.1. The van der Waals surface area contributed by atoms with Gasteiger partial charge in [-0.3, -0.25) is 14.9 Å². The molecule has 0 saturated carbocycles. The fraction of sp³-hybridized carbons (Fsp3) is 0.107. The number of amides is 4. The molecular weight excluding hydrogens is 527 g/mol. The zero-order valence-corrected chi connectivity index (χ0v) is 21.0. The smallest absolute Gasteiger partial charge is 0.335 e. The van der Waals surface area contributed by atoms with E-state index < -0.39 is 17.8 Å². The molecule has 0 bridgehead atoms. The minimum Gasteiger partial charge on any atom is -0.487 e. The first kappa shape index (κ1) is 25.1. The second-order valence-electron chi connectivity index (χ2n) is 8.16. The van der Waals surface area contributed by atoms with Crippen molar-refractivity contribution in [2.45, 2.75) is 20.0 Å². The lowest BCUT2D eigenvalue weighted by Crippen LogP contribution is -2.54. The van der Waals surface area contributed by atoms with E-state index >= 15 is 0 Å². The van der Waals surface area contributed by atoms with Crippen LogP contribution in [0.5, 0.6) is 5.75 Å². The molecule has 0 aliphatic carbocycles. The van der Waals surface area contributed by atoms with Gasteiger partial charge in [-0.25, -0.2) is 14.1 Å². The maximum absolute atomic E-state index is 14.0. The third-order valence-electron chi connectivity index (χ3n) is 5.54. The maximum atomic E-state index is 14.0. The van der Waals surface area contributed by atoms with Crippen LogP contribution in [0.4, 0.5) is 14.9 Å². The molecule has 6 nitrogen and oxygen atoms in total. The average molecular weight is 549 g/mol. The van der Waals surface area contributed by atoms with Gasteiger partial charge in [0, 0.05) is 5.56 Å². The highest BCUT2D eigenvalue weighted by Crippen LogP contribution is 2.34. The van der Waals surface area contributed by atoms with Gasteiger partial charge in [-0.05, 0) is 76.8 Å². The van der Waals surface area contributed by atoms with Crippen molar-refractivity contribution in [3.63, 3.8) is 0 Å². The molecule has 0 radical (unpaired) electrons. The third kappa shape index (κ3) is 5.28. The number of barbiturate groups is 1. The number of benzene rings is 3. The number of ether oxygens (including phenoxy) is 1. The van der Waals surface area contributed by atoms with Crippen LogP contribution in [0.2, 0.25) is 0 Å². The van der Waals surface area contributed by atoms with Crippen molar-refractivity contribution in [1.29, 1.82) is 0 Å². The molecule has 1 fully saturated rings. The van der Waals surface area contributed by atoms with Crippen molar-refractivity contribution in [2.75, 3.05) is 4.90 Å². The lowest BCUT2D eigenvalue weighted by molar-refractivity contribution is -0.122. The maximum Gasteiger partial charge on any atom is 0.335 e. The van der Waals surface area contributed by atoms with Gasteiger partial charge in [0.15, 0.2) is 0 Å². The Morgan fingerprint density at radius 2 is 1.78 bits per heavy atom. The minimum absolute atomic E-state index is 0.0182. The number of carbonyl (C=O) groups is 3. The zero-order chi connectivity index (χ0) is 25.8. The second kappa shape index (κ2) is 10.7. The topological polar surface area (TPSA) is 75.7 Å². The summed E-state index contributed by atoms with van der Waals surface area (Å²) in [5, 5.41) is 2.22. The summed E-state index contributed by atoms with van der Waals surface area (Å²) >= 11 is 3.49. The molecule has 1 saturated heterocycles. The number of urea groups is 1. The van der Waals surface area contributed by atoms with Crippen molar-refractivity contribution in [3.8, 4) is 5.75 Å². The van der Waals surface area contributed by atoms with E-state index in [9.17, 15) is 18.8 Å². The quantitative estimate of drug-likeness (QED) is 0.227. The Balaban J connectivity index is 1.67. The van der Waals surface area contributed by atoms with Crippen LogP contribution in [0.15, 0.2) is 83.4 Å². The van der Waals surface area contributed by atoms with Crippen molar-refractivity contribution in [2.24, 2.45) is 0 Å². The van der Waals surface area contributed by atoms with Gasteiger partial charge in [-0.1, -0.05) is 42.0 Å². The molecule has 8 heteroatoms. The van der Waals surface area contributed by atoms with Gasteiger partial charge in [-0.2, -0.15) is 0 Å². The van der Waals surface area contributed by atoms with Gasteiger partial charge >= 0.3 is 6.03 Å². The Labute approximate surface area is 216 Å². The van der Waals surface area contributed by atoms with Gasteiger partial charge in [0.25, 0.3) is 11.8 Å². The van der Waals surface area contributed by atoms with E-state index in [2.05, 4.69) is 27.8 Å². The highest BCUT2D eigenvalue weighted by atomic mass is 79.9. The van der Waals surface area contributed by atoms with Crippen molar-refractivity contribution >= 4 is 45.5 Å². The summed E-state index contributed by atoms with van der Waals surface area (Å²) in [6, 6.07) is 15.8. The Hall–Kier alpha value is -4.04. The summed E-state index contributed by atoms with van der Waals surface area (Å²) < 4.78 is 20.5. The van der Waals surface area contributed by atoms with Gasteiger partial charge in [-0.15, -0.1) is 6.58 Å². The number of allylic oxidation sites excluding steroid dienone is 1. The first-order chi connectivity index (χ1) is 17.3. The molecule has 3 aromatic carbocycles. The second-order valence-corrected chi connectivity index (χ2v) is 9.01. The molecule has 0 aromatic heterocycles. The van der Waals surface area contributed by atoms with Gasteiger partial charge < -0.3 is 4.74 Å². The first-order valence-corrected chi connectivity index (χ1v) is 11.9. The fourth-order valence-corrected chi connectivity index (χ4v) is 4.38. The lowest BCUT2D eigenvalue weighted by atomic mass is 10.0. The highest BCUT2D eigenvalue weighted by molar-refractivity contribution is 9.10.